The van der Waals surface area contributed by atoms with Crippen molar-refractivity contribution in [1.29, 1.82) is 0 Å². The van der Waals surface area contributed by atoms with Crippen molar-refractivity contribution in [1.82, 2.24) is 10.2 Å². The first-order valence-corrected chi connectivity index (χ1v) is 11.9. The number of Topliss-reactive ketones (excluding diaryl/α,β-unsaturated/α-hetero) is 1. The summed E-state index contributed by atoms with van der Waals surface area (Å²) < 4.78 is 0.762. The topological polar surface area (TPSA) is 84.0 Å². The Labute approximate surface area is 182 Å². The number of benzene rings is 1. The molecule has 0 bridgehead atoms. The van der Waals surface area contributed by atoms with Crippen molar-refractivity contribution < 1.29 is 9.59 Å². The number of carbonyl (C=O) groups is 2. The van der Waals surface area contributed by atoms with Crippen molar-refractivity contribution in [2.24, 2.45) is 5.92 Å². The van der Waals surface area contributed by atoms with E-state index >= 15 is 0 Å². The average molecular weight is 447 g/mol. The van der Waals surface area contributed by atoms with Crippen LogP contribution in [0.25, 0.3) is 0 Å². The van der Waals surface area contributed by atoms with E-state index in [0.717, 1.165) is 22.4 Å². The van der Waals surface area contributed by atoms with E-state index in [-0.39, 0.29) is 17.6 Å². The van der Waals surface area contributed by atoms with Gasteiger partial charge in [-0.1, -0.05) is 43.0 Å². The van der Waals surface area contributed by atoms with Gasteiger partial charge in [0.2, 0.25) is 11.0 Å². The largest absolute Gasteiger partial charge is 0.360 e. The Kier molecular flexibility index (Phi) is 7.79. The van der Waals surface area contributed by atoms with E-state index < -0.39 is 0 Å². The highest BCUT2D eigenvalue weighted by atomic mass is 32.2. The highest BCUT2D eigenvalue weighted by Crippen LogP contribution is 2.26. The summed E-state index contributed by atoms with van der Waals surface area (Å²) in [5, 5.41) is 17.2. The molecule has 2 N–H and O–H groups in total. The SMILES string of the molecule is CC(C)C(=O)Nc1ccc(C(=O)CSc2nnc(NCCc3cccs3)s2)cc1. The minimum atomic E-state index is -0.0883. The monoisotopic (exact) mass is 446 g/mol. The van der Waals surface area contributed by atoms with Gasteiger partial charge >= 0.3 is 0 Å². The lowest BCUT2D eigenvalue weighted by Gasteiger charge is -2.08. The number of hydrogen-bond acceptors (Lipinski definition) is 8. The smallest absolute Gasteiger partial charge is 0.226 e. The maximum atomic E-state index is 12.4. The highest BCUT2D eigenvalue weighted by Gasteiger charge is 2.11. The highest BCUT2D eigenvalue weighted by molar-refractivity contribution is 8.01. The van der Waals surface area contributed by atoms with E-state index in [2.05, 4.69) is 32.3 Å². The van der Waals surface area contributed by atoms with E-state index in [9.17, 15) is 9.59 Å². The standard InChI is InChI=1S/C20H22N4O2S3/c1-13(2)18(26)22-15-7-5-14(6-8-15)17(25)12-28-20-24-23-19(29-20)21-10-9-16-4-3-11-27-16/h3-8,11,13H,9-10,12H2,1-2H3,(H,21,23)(H,22,26). The zero-order valence-corrected chi connectivity index (χ0v) is 18.6. The van der Waals surface area contributed by atoms with Crippen LogP contribution in [-0.4, -0.2) is 34.2 Å². The van der Waals surface area contributed by atoms with Gasteiger partial charge in [0, 0.05) is 28.6 Å². The molecular weight excluding hydrogens is 424 g/mol. The van der Waals surface area contributed by atoms with Gasteiger partial charge in [0.1, 0.15) is 0 Å². The van der Waals surface area contributed by atoms with Crippen LogP contribution in [0.1, 0.15) is 29.1 Å². The number of carbonyl (C=O) groups excluding carboxylic acids is 2. The third-order valence-corrected chi connectivity index (χ3v) is 6.91. The van der Waals surface area contributed by atoms with E-state index in [0.29, 0.717) is 17.0 Å². The lowest BCUT2D eigenvalue weighted by Crippen LogP contribution is -2.17. The van der Waals surface area contributed by atoms with Gasteiger partial charge in [0.25, 0.3) is 0 Å². The number of nitrogens with one attached hydrogen (secondary N) is 2. The number of anilines is 2. The van der Waals surface area contributed by atoms with Crippen LogP contribution in [0.5, 0.6) is 0 Å². The van der Waals surface area contributed by atoms with E-state index in [4.69, 9.17) is 0 Å². The Hall–Kier alpha value is -2.23. The molecule has 1 amide bonds. The molecule has 1 aromatic carbocycles. The number of amides is 1. The normalized spacial score (nSPS) is 10.9. The number of aromatic nitrogens is 2. The Morgan fingerprint density at radius 3 is 2.62 bits per heavy atom. The van der Waals surface area contributed by atoms with Crippen LogP contribution < -0.4 is 10.6 Å². The summed E-state index contributed by atoms with van der Waals surface area (Å²) in [7, 11) is 0. The third-order valence-electron chi connectivity index (χ3n) is 3.96. The van der Waals surface area contributed by atoms with Gasteiger partial charge in [-0.05, 0) is 42.1 Å². The third kappa shape index (κ3) is 6.66. The second-order valence-electron chi connectivity index (χ2n) is 6.56. The van der Waals surface area contributed by atoms with Crippen LogP contribution in [0.2, 0.25) is 0 Å². The first-order valence-electron chi connectivity index (χ1n) is 9.18. The van der Waals surface area contributed by atoms with Gasteiger partial charge in [0.05, 0.1) is 5.75 Å². The number of rotatable bonds is 10. The average Bonchev–Trinajstić information content (AvgIpc) is 3.39. The molecule has 0 radical (unpaired) electrons. The molecule has 9 heteroatoms. The van der Waals surface area contributed by atoms with Crippen LogP contribution in [0.15, 0.2) is 46.1 Å². The molecule has 0 aliphatic rings. The molecule has 0 unspecified atom stereocenters. The number of thioether (sulfide) groups is 1. The summed E-state index contributed by atoms with van der Waals surface area (Å²) in [6.07, 6.45) is 0.950. The molecule has 152 valence electrons. The van der Waals surface area contributed by atoms with Crippen molar-refractivity contribution >= 4 is 56.9 Å². The Morgan fingerprint density at radius 1 is 1.14 bits per heavy atom. The molecule has 0 atom stereocenters. The first kappa shape index (κ1) is 21.5. The summed E-state index contributed by atoms with van der Waals surface area (Å²) in [6, 6.07) is 11.1. The molecule has 6 nitrogen and oxygen atoms in total. The number of ketones is 1. The molecule has 3 rings (SSSR count). The van der Waals surface area contributed by atoms with Gasteiger partial charge < -0.3 is 10.6 Å². The number of nitrogens with zero attached hydrogens (tertiary/aromatic N) is 2. The Balaban J connectivity index is 1.44. The molecule has 0 saturated carbocycles. The fraction of sp³-hybridized carbons (Fsp3) is 0.300. The van der Waals surface area contributed by atoms with E-state index in [1.165, 1.54) is 28.0 Å². The van der Waals surface area contributed by atoms with Crippen LogP contribution in [-0.2, 0) is 11.2 Å². The molecule has 0 aliphatic heterocycles. The van der Waals surface area contributed by atoms with Crippen LogP contribution in [0.4, 0.5) is 10.8 Å². The molecule has 3 aromatic rings. The Bertz CT molecular complexity index is 937. The van der Waals surface area contributed by atoms with Crippen molar-refractivity contribution in [2.45, 2.75) is 24.6 Å². The van der Waals surface area contributed by atoms with Crippen molar-refractivity contribution in [3.8, 4) is 0 Å². The van der Waals surface area contributed by atoms with E-state index in [1.54, 1.807) is 35.6 Å². The summed E-state index contributed by atoms with van der Waals surface area (Å²) in [4.78, 5) is 25.5. The predicted octanol–water partition coefficient (Wildman–Crippen LogP) is 4.82. The predicted molar refractivity (Wildman–Crippen MR) is 121 cm³/mol. The molecule has 2 heterocycles. The molecule has 0 aliphatic carbocycles. The van der Waals surface area contributed by atoms with Crippen molar-refractivity contribution in [2.75, 3.05) is 22.9 Å². The second kappa shape index (κ2) is 10.5. The van der Waals surface area contributed by atoms with Crippen LogP contribution in [0, 0.1) is 5.92 Å². The summed E-state index contributed by atoms with van der Waals surface area (Å²) >= 11 is 4.58. The summed E-state index contributed by atoms with van der Waals surface area (Å²) in [5.41, 5.74) is 1.30. The quantitative estimate of drug-likeness (QED) is 0.343. The summed E-state index contributed by atoms with van der Waals surface area (Å²) in [5.74, 6) is 0.172. The van der Waals surface area contributed by atoms with Crippen LogP contribution >= 0.6 is 34.4 Å². The molecule has 0 spiro atoms. The van der Waals surface area contributed by atoms with Gasteiger partial charge in [-0.3, -0.25) is 9.59 Å². The number of thiophene rings is 1. The van der Waals surface area contributed by atoms with Gasteiger partial charge in [0.15, 0.2) is 10.1 Å². The van der Waals surface area contributed by atoms with Gasteiger partial charge in [-0.2, -0.15) is 0 Å². The van der Waals surface area contributed by atoms with Gasteiger partial charge in [-0.25, -0.2) is 0 Å². The molecular formula is C20H22N4O2S3. The Morgan fingerprint density at radius 2 is 1.93 bits per heavy atom. The first-order chi connectivity index (χ1) is 14.0. The maximum absolute atomic E-state index is 12.4. The molecule has 0 saturated heterocycles. The minimum absolute atomic E-state index is 0.0131. The van der Waals surface area contributed by atoms with Crippen molar-refractivity contribution in [3.63, 3.8) is 0 Å². The molecule has 2 aromatic heterocycles. The molecule has 0 fully saturated rings. The lowest BCUT2D eigenvalue weighted by atomic mass is 10.1. The van der Waals surface area contributed by atoms with Crippen molar-refractivity contribution in [3.05, 3.63) is 52.2 Å². The fourth-order valence-corrected chi connectivity index (χ4v) is 4.70. The van der Waals surface area contributed by atoms with Crippen LogP contribution in [0.3, 0.4) is 0 Å². The minimum Gasteiger partial charge on any atom is -0.360 e. The molecule has 29 heavy (non-hydrogen) atoms. The zero-order valence-electron chi connectivity index (χ0n) is 16.2. The second-order valence-corrected chi connectivity index (χ2v) is 9.79. The fourth-order valence-electron chi connectivity index (χ4n) is 2.32. The maximum Gasteiger partial charge on any atom is 0.226 e. The van der Waals surface area contributed by atoms with Gasteiger partial charge in [-0.15, -0.1) is 21.5 Å². The zero-order chi connectivity index (χ0) is 20.6. The summed E-state index contributed by atoms with van der Waals surface area (Å²) in [6.45, 7) is 4.48. The lowest BCUT2D eigenvalue weighted by molar-refractivity contribution is -0.118. The van der Waals surface area contributed by atoms with E-state index in [1.807, 2.05) is 19.9 Å². The number of hydrogen-bond donors (Lipinski definition) is 2.